The van der Waals surface area contributed by atoms with Gasteiger partial charge in [-0.1, -0.05) is 55.8 Å². The van der Waals surface area contributed by atoms with Crippen molar-refractivity contribution >= 4 is 23.6 Å². The van der Waals surface area contributed by atoms with E-state index < -0.39 is 6.04 Å². The summed E-state index contributed by atoms with van der Waals surface area (Å²) in [6.45, 7) is 8.43. The molecular weight excluding hydrogens is 420 g/mol. The SMILES string of the molecule is CC[C@@H](C)NC(=O)[C@H](CC)N(Cc1ccc(OC)cc1)C(=O)CSCc1cccc(C)c1. The molecule has 2 atom stereocenters. The molecule has 0 radical (unpaired) electrons. The Kier molecular flexibility index (Phi) is 10.6. The van der Waals surface area contributed by atoms with Gasteiger partial charge in [-0.15, -0.1) is 11.8 Å². The van der Waals surface area contributed by atoms with Gasteiger partial charge in [0.05, 0.1) is 12.9 Å². The fourth-order valence-corrected chi connectivity index (χ4v) is 4.29. The molecule has 0 aliphatic carbocycles. The molecule has 0 saturated heterocycles. The van der Waals surface area contributed by atoms with E-state index in [0.717, 1.165) is 23.5 Å². The van der Waals surface area contributed by atoms with Gasteiger partial charge >= 0.3 is 0 Å². The average Bonchev–Trinajstić information content (AvgIpc) is 2.79. The second-order valence-electron chi connectivity index (χ2n) is 8.09. The molecule has 5 nitrogen and oxygen atoms in total. The minimum Gasteiger partial charge on any atom is -0.497 e. The lowest BCUT2D eigenvalue weighted by atomic mass is 10.1. The molecule has 0 spiro atoms. The third kappa shape index (κ3) is 7.90. The average molecular weight is 457 g/mol. The number of ether oxygens (including phenoxy) is 1. The molecule has 1 N–H and O–H groups in total. The highest BCUT2D eigenvalue weighted by molar-refractivity contribution is 7.99. The first-order chi connectivity index (χ1) is 15.4. The molecule has 32 heavy (non-hydrogen) atoms. The molecule has 0 aliphatic heterocycles. The number of nitrogens with one attached hydrogen (secondary N) is 1. The molecule has 174 valence electrons. The Bertz CT molecular complexity index is 870. The van der Waals surface area contributed by atoms with Gasteiger partial charge in [-0.3, -0.25) is 9.59 Å². The van der Waals surface area contributed by atoms with Gasteiger partial charge in [-0.25, -0.2) is 0 Å². The van der Waals surface area contributed by atoms with E-state index in [4.69, 9.17) is 4.74 Å². The number of amides is 2. The topological polar surface area (TPSA) is 58.6 Å². The van der Waals surface area contributed by atoms with Crippen LogP contribution in [0.25, 0.3) is 0 Å². The first-order valence-corrected chi connectivity index (χ1v) is 12.4. The van der Waals surface area contributed by atoms with E-state index in [9.17, 15) is 9.59 Å². The van der Waals surface area contributed by atoms with Gasteiger partial charge < -0.3 is 15.0 Å². The number of carbonyl (C=O) groups is 2. The number of hydrogen-bond acceptors (Lipinski definition) is 4. The summed E-state index contributed by atoms with van der Waals surface area (Å²) in [5.41, 5.74) is 3.38. The Morgan fingerprint density at radius 1 is 1.06 bits per heavy atom. The Balaban J connectivity index is 2.14. The fraction of sp³-hybridized carbons (Fsp3) is 0.462. The first kappa shape index (κ1) is 25.8. The van der Waals surface area contributed by atoms with E-state index in [1.807, 2.05) is 51.1 Å². The molecule has 0 unspecified atom stereocenters. The molecule has 2 aromatic rings. The Hall–Kier alpha value is -2.47. The molecule has 2 aromatic carbocycles. The molecule has 6 heteroatoms. The van der Waals surface area contributed by atoms with Crippen LogP contribution in [0.15, 0.2) is 48.5 Å². The summed E-state index contributed by atoms with van der Waals surface area (Å²) in [7, 11) is 1.63. The number of hydrogen-bond donors (Lipinski definition) is 1. The van der Waals surface area contributed by atoms with Crippen LogP contribution in [0, 0.1) is 6.92 Å². The Morgan fingerprint density at radius 3 is 2.38 bits per heavy atom. The minimum atomic E-state index is -0.502. The highest BCUT2D eigenvalue weighted by atomic mass is 32.2. The summed E-state index contributed by atoms with van der Waals surface area (Å²) in [5.74, 6) is 1.75. The Morgan fingerprint density at radius 2 is 1.78 bits per heavy atom. The van der Waals surface area contributed by atoms with Crippen molar-refractivity contribution in [2.75, 3.05) is 12.9 Å². The zero-order valence-corrected chi connectivity index (χ0v) is 20.7. The van der Waals surface area contributed by atoms with Crippen molar-refractivity contribution in [2.45, 2.75) is 64.9 Å². The van der Waals surface area contributed by atoms with Crippen LogP contribution in [-0.2, 0) is 21.9 Å². The highest BCUT2D eigenvalue weighted by Gasteiger charge is 2.29. The number of benzene rings is 2. The Labute approximate surface area is 196 Å². The number of methoxy groups -OCH3 is 1. The maximum absolute atomic E-state index is 13.3. The quantitative estimate of drug-likeness (QED) is 0.490. The monoisotopic (exact) mass is 456 g/mol. The van der Waals surface area contributed by atoms with E-state index in [1.54, 1.807) is 23.8 Å². The summed E-state index contributed by atoms with van der Waals surface area (Å²) in [5, 5.41) is 3.05. The normalized spacial score (nSPS) is 12.7. The minimum absolute atomic E-state index is 0.0235. The van der Waals surface area contributed by atoms with Gasteiger partial charge in [0.15, 0.2) is 0 Å². The molecule has 0 aromatic heterocycles. The summed E-state index contributed by atoms with van der Waals surface area (Å²) in [6, 6.07) is 15.5. The molecule has 0 bridgehead atoms. The van der Waals surface area contributed by atoms with Crippen LogP contribution in [-0.4, -0.2) is 41.7 Å². The van der Waals surface area contributed by atoms with Crippen LogP contribution in [0.1, 0.15) is 50.3 Å². The summed E-state index contributed by atoms with van der Waals surface area (Å²) in [4.78, 5) is 28.0. The van der Waals surface area contributed by atoms with Gasteiger partial charge in [-0.05, 0) is 49.9 Å². The van der Waals surface area contributed by atoms with Crippen molar-refractivity contribution in [3.63, 3.8) is 0 Å². The van der Waals surface area contributed by atoms with Gasteiger partial charge in [0.1, 0.15) is 11.8 Å². The molecule has 2 amide bonds. The van der Waals surface area contributed by atoms with Crippen molar-refractivity contribution in [3.05, 3.63) is 65.2 Å². The van der Waals surface area contributed by atoms with E-state index in [1.165, 1.54) is 11.1 Å². The first-order valence-electron chi connectivity index (χ1n) is 11.2. The van der Waals surface area contributed by atoms with Gasteiger partial charge in [0, 0.05) is 18.3 Å². The van der Waals surface area contributed by atoms with Crippen LogP contribution in [0.4, 0.5) is 0 Å². The van der Waals surface area contributed by atoms with E-state index in [-0.39, 0.29) is 17.9 Å². The number of thioether (sulfide) groups is 1. The van der Waals surface area contributed by atoms with Crippen molar-refractivity contribution in [3.8, 4) is 5.75 Å². The second-order valence-corrected chi connectivity index (χ2v) is 9.08. The molecule has 2 rings (SSSR count). The molecule has 0 saturated carbocycles. The van der Waals surface area contributed by atoms with Gasteiger partial charge in [-0.2, -0.15) is 0 Å². The number of aryl methyl sites for hydroxylation is 1. The molecule has 0 aliphatic rings. The van der Waals surface area contributed by atoms with E-state index in [2.05, 4.69) is 30.4 Å². The number of rotatable bonds is 12. The maximum atomic E-state index is 13.3. The smallest absolute Gasteiger partial charge is 0.243 e. The predicted molar refractivity (Wildman–Crippen MR) is 133 cm³/mol. The summed E-state index contributed by atoms with van der Waals surface area (Å²) >= 11 is 1.58. The van der Waals surface area contributed by atoms with Crippen LogP contribution >= 0.6 is 11.8 Å². The fourth-order valence-electron chi connectivity index (χ4n) is 3.43. The maximum Gasteiger partial charge on any atom is 0.243 e. The summed E-state index contributed by atoms with van der Waals surface area (Å²) in [6.07, 6.45) is 1.41. The van der Waals surface area contributed by atoms with Crippen LogP contribution in [0.3, 0.4) is 0 Å². The second kappa shape index (κ2) is 13.2. The van der Waals surface area contributed by atoms with Crippen molar-refractivity contribution in [2.24, 2.45) is 0 Å². The zero-order chi connectivity index (χ0) is 23.5. The van der Waals surface area contributed by atoms with E-state index >= 15 is 0 Å². The van der Waals surface area contributed by atoms with Gasteiger partial charge in [0.25, 0.3) is 0 Å². The van der Waals surface area contributed by atoms with Crippen molar-refractivity contribution < 1.29 is 14.3 Å². The van der Waals surface area contributed by atoms with Crippen molar-refractivity contribution in [1.29, 1.82) is 0 Å². The predicted octanol–water partition coefficient (Wildman–Crippen LogP) is 4.96. The highest BCUT2D eigenvalue weighted by Crippen LogP contribution is 2.19. The third-order valence-electron chi connectivity index (χ3n) is 5.48. The largest absolute Gasteiger partial charge is 0.497 e. The van der Waals surface area contributed by atoms with Crippen molar-refractivity contribution in [1.82, 2.24) is 10.2 Å². The molecule has 0 fully saturated rings. The lowest BCUT2D eigenvalue weighted by Crippen LogP contribution is -2.51. The van der Waals surface area contributed by atoms with Crippen LogP contribution in [0.2, 0.25) is 0 Å². The van der Waals surface area contributed by atoms with E-state index in [0.29, 0.717) is 18.7 Å². The molecular formula is C26H36N2O3S. The van der Waals surface area contributed by atoms with Crippen LogP contribution in [0.5, 0.6) is 5.75 Å². The third-order valence-corrected chi connectivity index (χ3v) is 6.46. The standard InChI is InChI=1S/C26H36N2O3S/c1-6-20(4)27-26(30)24(7-2)28(16-21-11-13-23(31-5)14-12-21)25(29)18-32-17-22-10-8-9-19(3)15-22/h8-15,20,24H,6-7,16-18H2,1-5H3,(H,27,30)/t20-,24+/m1/s1. The zero-order valence-electron chi connectivity index (χ0n) is 19.9. The number of nitrogens with zero attached hydrogens (tertiary/aromatic N) is 1. The lowest BCUT2D eigenvalue weighted by Gasteiger charge is -2.31. The molecule has 0 heterocycles. The van der Waals surface area contributed by atoms with Gasteiger partial charge in [0.2, 0.25) is 11.8 Å². The van der Waals surface area contributed by atoms with Crippen LogP contribution < -0.4 is 10.1 Å². The number of carbonyl (C=O) groups excluding carboxylic acids is 2. The lowest BCUT2D eigenvalue weighted by molar-refractivity contribution is -0.139. The summed E-state index contributed by atoms with van der Waals surface area (Å²) < 4.78 is 5.24.